The van der Waals surface area contributed by atoms with Crippen molar-refractivity contribution in [1.82, 2.24) is 4.90 Å². The highest BCUT2D eigenvalue weighted by atomic mass is 79.9. The number of hydrogen-bond acceptors (Lipinski definition) is 2. The molecule has 1 aromatic rings. The first-order valence-electron chi connectivity index (χ1n) is 7.58. The van der Waals surface area contributed by atoms with Gasteiger partial charge in [0.1, 0.15) is 0 Å². The molecule has 116 valence electrons. The maximum atomic E-state index is 12.3. The first kappa shape index (κ1) is 17.0. The molecule has 21 heavy (non-hydrogen) atoms. The number of halogens is 2. The van der Waals surface area contributed by atoms with Gasteiger partial charge in [-0.2, -0.15) is 0 Å². The predicted molar refractivity (Wildman–Crippen MR) is 92.2 cm³/mol. The van der Waals surface area contributed by atoms with Crippen LogP contribution in [0.5, 0.6) is 0 Å². The Kier molecular flexibility index (Phi) is 5.87. The number of carbonyl (C=O) groups is 1. The number of likely N-dealkylation sites (tertiary alicyclic amines) is 1. The Labute approximate surface area is 141 Å². The zero-order valence-electron chi connectivity index (χ0n) is 12.8. The third-order valence-corrected chi connectivity index (χ3v) is 5.13. The van der Waals surface area contributed by atoms with E-state index in [1.165, 1.54) is 19.3 Å². The molecular formula is C17H23BrClNO. The van der Waals surface area contributed by atoms with E-state index in [1.807, 2.05) is 6.07 Å². The number of ketones is 1. The molecule has 1 saturated heterocycles. The van der Waals surface area contributed by atoms with E-state index in [1.54, 1.807) is 12.1 Å². The van der Waals surface area contributed by atoms with Crippen molar-refractivity contribution in [2.45, 2.75) is 39.5 Å². The molecule has 0 aromatic heterocycles. The number of nitrogens with zero attached hydrogens (tertiary/aromatic N) is 1. The molecule has 0 atom stereocenters. The summed E-state index contributed by atoms with van der Waals surface area (Å²) in [7, 11) is 0. The number of Topliss-reactive ketones (excluding diaryl/α,β-unsaturated/α-hetero) is 1. The van der Waals surface area contributed by atoms with Gasteiger partial charge in [-0.05, 0) is 56.0 Å². The van der Waals surface area contributed by atoms with Crippen LogP contribution in [0.3, 0.4) is 0 Å². The minimum Gasteiger partial charge on any atom is -0.303 e. The van der Waals surface area contributed by atoms with Crippen molar-refractivity contribution in [2.24, 2.45) is 5.41 Å². The fourth-order valence-electron chi connectivity index (χ4n) is 2.81. The number of rotatable bonds is 4. The smallest absolute Gasteiger partial charge is 0.165 e. The van der Waals surface area contributed by atoms with Gasteiger partial charge in [-0.15, -0.1) is 0 Å². The lowest BCUT2D eigenvalue weighted by atomic mass is 9.85. The van der Waals surface area contributed by atoms with Gasteiger partial charge < -0.3 is 4.90 Å². The SMILES string of the molecule is CC1(C)CCCN(CCC(=O)c2ccc(Br)cc2Cl)CC1. The molecule has 1 heterocycles. The summed E-state index contributed by atoms with van der Waals surface area (Å²) in [6.45, 7) is 7.70. The highest BCUT2D eigenvalue weighted by molar-refractivity contribution is 9.10. The molecule has 1 aliphatic heterocycles. The number of carbonyl (C=O) groups excluding carboxylic acids is 1. The van der Waals surface area contributed by atoms with E-state index in [9.17, 15) is 4.79 Å². The Bertz CT molecular complexity index is 516. The van der Waals surface area contributed by atoms with E-state index in [0.717, 1.165) is 24.1 Å². The zero-order valence-corrected chi connectivity index (χ0v) is 15.1. The fourth-order valence-corrected chi connectivity index (χ4v) is 3.59. The largest absolute Gasteiger partial charge is 0.303 e. The molecule has 0 saturated carbocycles. The summed E-state index contributed by atoms with van der Waals surface area (Å²) in [6.07, 6.45) is 4.25. The normalized spacial score (nSPS) is 19.2. The number of benzene rings is 1. The molecule has 0 radical (unpaired) electrons. The van der Waals surface area contributed by atoms with Crippen LogP contribution < -0.4 is 0 Å². The molecule has 0 aliphatic carbocycles. The van der Waals surface area contributed by atoms with Gasteiger partial charge in [-0.1, -0.05) is 41.4 Å². The third kappa shape index (κ3) is 5.08. The first-order chi connectivity index (χ1) is 9.87. The topological polar surface area (TPSA) is 20.3 Å². The van der Waals surface area contributed by atoms with Crippen LogP contribution in [0.1, 0.15) is 49.9 Å². The minimum absolute atomic E-state index is 0.135. The fraction of sp³-hybridized carbons (Fsp3) is 0.588. The van der Waals surface area contributed by atoms with E-state index >= 15 is 0 Å². The van der Waals surface area contributed by atoms with Gasteiger partial charge in [0.15, 0.2) is 5.78 Å². The molecule has 2 nitrogen and oxygen atoms in total. The third-order valence-electron chi connectivity index (χ3n) is 4.32. The maximum absolute atomic E-state index is 12.3. The standard InChI is InChI=1S/C17H23BrClNO/c1-17(2)7-3-9-20(11-8-17)10-6-16(21)14-5-4-13(18)12-15(14)19/h4-5,12H,3,6-11H2,1-2H3. The van der Waals surface area contributed by atoms with Crippen molar-refractivity contribution in [1.29, 1.82) is 0 Å². The van der Waals surface area contributed by atoms with Gasteiger partial charge >= 0.3 is 0 Å². The van der Waals surface area contributed by atoms with Gasteiger partial charge in [0.05, 0.1) is 5.02 Å². The summed E-state index contributed by atoms with van der Waals surface area (Å²) in [4.78, 5) is 14.7. The van der Waals surface area contributed by atoms with E-state index < -0.39 is 0 Å². The Balaban J connectivity index is 1.89. The van der Waals surface area contributed by atoms with Gasteiger partial charge in [0.2, 0.25) is 0 Å². The molecule has 4 heteroatoms. The summed E-state index contributed by atoms with van der Waals surface area (Å²) in [5, 5.41) is 0.534. The van der Waals surface area contributed by atoms with Crippen LogP contribution in [0, 0.1) is 5.41 Å². The second-order valence-electron chi connectivity index (χ2n) is 6.66. The first-order valence-corrected chi connectivity index (χ1v) is 8.75. The summed E-state index contributed by atoms with van der Waals surface area (Å²) < 4.78 is 0.902. The van der Waals surface area contributed by atoms with E-state index in [2.05, 4.69) is 34.7 Å². The van der Waals surface area contributed by atoms with Crippen LogP contribution in [0.25, 0.3) is 0 Å². The van der Waals surface area contributed by atoms with Crippen molar-refractivity contribution in [3.63, 3.8) is 0 Å². The van der Waals surface area contributed by atoms with Gasteiger partial charge in [-0.25, -0.2) is 0 Å². The molecule has 1 aliphatic rings. The molecular weight excluding hydrogens is 350 g/mol. The van der Waals surface area contributed by atoms with Crippen molar-refractivity contribution in [3.8, 4) is 0 Å². The second-order valence-corrected chi connectivity index (χ2v) is 7.98. The lowest BCUT2D eigenvalue weighted by Gasteiger charge is -2.23. The summed E-state index contributed by atoms with van der Waals surface area (Å²) >= 11 is 9.51. The lowest BCUT2D eigenvalue weighted by molar-refractivity contribution is 0.0964. The van der Waals surface area contributed by atoms with Gasteiger partial charge in [-0.3, -0.25) is 4.79 Å². The van der Waals surface area contributed by atoms with E-state index in [4.69, 9.17) is 11.6 Å². The van der Waals surface area contributed by atoms with Crippen LogP contribution in [-0.4, -0.2) is 30.3 Å². The molecule has 2 rings (SSSR count). The summed E-state index contributed by atoms with van der Waals surface area (Å²) in [5.74, 6) is 0.135. The highest BCUT2D eigenvalue weighted by Crippen LogP contribution is 2.30. The van der Waals surface area contributed by atoms with E-state index in [-0.39, 0.29) is 5.78 Å². The molecule has 0 N–H and O–H groups in total. The van der Waals surface area contributed by atoms with Crippen molar-refractivity contribution in [2.75, 3.05) is 19.6 Å². The summed E-state index contributed by atoms with van der Waals surface area (Å²) in [6, 6.07) is 5.46. The monoisotopic (exact) mass is 371 g/mol. The number of hydrogen-bond donors (Lipinski definition) is 0. The van der Waals surface area contributed by atoms with Crippen molar-refractivity contribution < 1.29 is 4.79 Å². The highest BCUT2D eigenvalue weighted by Gasteiger charge is 2.23. The summed E-state index contributed by atoms with van der Waals surface area (Å²) in [5.41, 5.74) is 1.07. The minimum atomic E-state index is 0.135. The average Bonchev–Trinajstić information content (AvgIpc) is 2.57. The molecule has 1 aromatic carbocycles. The molecule has 0 spiro atoms. The van der Waals surface area contributed by atoms with Crippen LogP contribution in [-0.2, 0) is 0 Å². The molecule has 0 unspecified atom stereocenters. The van der Waals surface area contributed by atoms with Crippen LogP contribution in [0.15, 0.2) is 22.7 Å². The Morgan fingerprint density at radius 2 is 2.10 bits per heavy atom. The van der Waals surface area contributed by atoms with Gasteiger partial charge in [0, 0.05) is 23.0 Å². The average molecular weight is 373 g/mol. The van der Waals surface area contributed by atoms with Crippen LogP contribution >= 0.6 is 27.5 Å². The maximum Gasteiger partial charge on any atom is 0.165 e. The van der Waals surface area contributed by atoms with Crippen molar-refractivity contribution in [3.05, 3.63) is 33.3 Å². The Morgan fingerprint density at radius 1 is 1.33 bits per heavy atom. The van der Waals surface area contributed by atoms with Crippen LogP contribution in [0.2, 0.25) is 5.02 Å². The molecule has 0 bridgehead atoms. The van der Waals surface area contributed by atoms with E-state index in [0.29, 0.717) is 22.4 Å². The Hall–Kier alpha value is -0.380. The Morgan fingerprint density at radius 3 is 2.81 bits per heavy atom. The molecule has 0 amide bonds. The van der Waals surface area contributed by atoms with Gasteiger partial charge in [0.25, 0.3) is 0 Å². The predicted octanol–water partition coefficient (Wildman–Crippen LogP) is 5.19. The zero-order chi connectivity index (χ0) is 15.5. The van der Waals surface area contributed by atoms with Crippen molar-refractivity contribution >= 4 is 33.3 Å². The molecule has 1 fully saturated rings. The second kappa shape index (κ2) is 7.26. The quantitative estimate of drug-likeness (QED) is 0.678. The lowest BCUT2D eigenvalue weighted by Crippen LogP contribution is -2.28. The van der Waals surface area contributed by atoms with Crippen LogP contribution in [0.4, 0.5) is 0 Å².